The molecule has 0 aliphatic heterocycles. The topological polar surface area (TPSA) is 92.3 Å². The van der Waals surface area contributed by atoms with Gasteiger partial charge in [0, 0.05) is 17.7 Å². The zero-order chi connectivity index (χ0) is 24.4. The molecule has 178 valence electrons. The van der Waals surface area contributed by atoms with Crippen molar-refractivity contribution in [1.82, 2.24) is 5.32 Å². The van der Waals surface area contributed by atoms with E-state index in [4.69, 9.17) is 23.7 Å². The Bertz CT molecular complexity index is 967. The van der Waals surface area contributed by atoms with Gasteiger partial charge < -0.3 is 29.0 Å². The van der Waals surface area contributed by atoms with Crippen LogP contribution in [-0.4, -0.2) is 46.4 Å². The summed E-state index contributed by atoms with van der Waals surface area (Å²) in [7, 11) is 6.16. The number of carbonyl (C=O) groups is 2. The Hall–Kier alpha value is -3.68. The van der Waals surface area contributed by atoms with Gasteiger partial charge >= 0.3 is 5.97 Å². The highest BCUT2D eigenvalue weighted by atomic mass is 16.5. The highest BCUT2D eigenvalue weighted by Crippen LogP contribution is 2.35. The van der Waals surface area contributed by atoms with Crippen LogP contribution in [0.25, 0.3) is 6.08 Å². The third kappa shape index (κ3) is 7.45. The van der Waals surface area contributed by atoms with E-state index in [1.807, 2.05) is 0 Å². The van der Waals surface area contributed by atoms with Crippen molar-refractivity contribution in [3.8, 4) is 23.0 Å². The summed E-state index contributed by atoms with van der Waals surface area (Å²) in [6.45, 7) is 3.55. The molecule has 2 rings (SSSR count). The van der Waals surface area contributed by atoms with Gasteiger partial charge in [-0.15, -0.1) is 0 Å². The van der Waals surface area contributed by atoms with Crippen molar-refractivity contribution in [2.24, 2.45) is 0 Å². The molecule has 0 bridgehead atoms. The van der Waals surface area contributed by atoms with E-state index in [0.717, 1.165) is 5.56 Å². The van der Waals surface area contributed by atoms with Crippen molar-refractivity contribution < 1.29 is 33.3 Å². The summed E-state index contributed by atoms with van der Waals surface area (Å²) in [6.07, 6.45) is 2.72. The van der Waals surface area contributed by atoms with Gasteiger partial charge in [-0.1, -0.05) is 12.1 Å². The number of benzene rings is 2. The van der Waals surface area contributed by atoms with Gasteiger partial charge in [-0.25, -0.2) is 0 Å². The van der Waals surface area contributed by atoms with Crippen LogP contribution in [0.2, 0.25) is 0 Å². The molecule has 0 saturated carbocycles. The Morgan fingerprint density at radius 3 is 2.03 bits per heavy atom. The molecule has 1 atom stereocenters. The first-order valence-electron chi connectivity index (χ1n) is 10.4. The monoisotopic (exact) mass is 457 g/mol. The van der Waals surface area contributed by atoms with E-state index in [1.54, 1.807) is 63.4 Å². The molecule has 0 saturated heterocycles. The molecule has 0 aromatic heterocycles. The second-order valence-corrected chi connectivity index (χ2v) is 7.36. The van der Waals surface area contributed by atoms with Crippen molar-refractivity contribution in [2.75, 3.05) is 28.4 Å². The average molecular weight is 458 g/mol. The zero-order valence-corrected chi connectivity index (χ0v) is 19.8. The van der Waals surface area contributed by atoms with Crippen LogP contribution in [-0.2, 0) is 14.3 Å². The molecular weight excluding hydrogens is 426 g/mol. The fraction of sp³-hybridized carbons (Fsp3) is 0.360. The van der Waals surface area contributed by atoms with Crippen LogP contribution in [0.3, 0.4) is 0 Å². The lowest BCUT2D eigenvalue weighted by molar-refractivity contribution is -0.148. The predicted molar refractivity (Wildman–Crippen MR) is 125 cm³/mol. The second kappa shape index (κ2) is 12.4. The molecule has 33 heavy (non-hydrogen) atoms. The summed E-state index contributed by atoms with van der Waals surface area (Å²) < 4.78 is 26.4. The molecule has 8 heteroatoms. The smallest absolute Gasteiger partial charge is 0.308 e. The number of esters is 1. The van der Waals surface area contributed by atoms with Crippen LogP contribution in [0.1, 0.15) is 37.4 Å². The highest BCUT2D eigenvalue weighted by Gasteiger charge is 2.20. The Morgan fingerprint density at radius 2 is 1.48 bits per heavy atom. The number of nitrogens with one attached hydrogen (secondary N) is 1. The summed E-state index contributed by atoms with van der Waals surface area (Å²) in [6, 6.07) is 9.95. The molecule has 2 aromatic carbocycles. The maximum Gasteiger partial charge on any atom is 0.308 e. The summed E-state index contributed by atoms with van der Waals surface area (Å²) in [5.74, 6) is 1.42. The normalized spacial score (nSPS) is 11.7. The van der Waals surface area contributed by atoms with Crippen molar-refractivity contribution in [2.45, 2.75) is 32.4 Å². The molecule has 1 unspecified atom stereocenters. The van der Waals surface area contributed by atoms with Gasteiger partial charge in [0.15, 0.2) is 11.5 Å². The van der Waals surface area contributed by atoms with Gasteiger partial charge in [-0.2, -0.15) is 0 Å². The van der Waals surface area contributed by atoms with Crippen LogP contribution >= 0.6 is 0 Å². The summed E-state index contributed by atoms with van der Waals surface area (Å²) in [5, 5.41) is 2.87. The van der Waals surface area contributed by atoms with Gasteiger partial charge in [0.2, 0.25) is 5.91 Å². The number of rotatable bonds is 11. The van der Waals surface area contributed by atoms with E-state index in [9.17, 15) is 9.59 Å². The Labute approximate surface area is 194 Å². The quantitative estimate of drug-likeness (QED) is 0.404. The lowest BCUT2D eigenvalue weighted by Crippen LogP contribution is -2.29. The molecule has 0 radical (unpaired) electrons. The van der Waals surface area contributed by atoms with Crippen molar-refractivity contribution in [1.29, 1.82) is 0 Å². The van der Waals surface area contributed by atoms with Gasteiger partial charge in [0.05, 0.1) is 47.0 Å². The maximum absolute atomic E-state index is 12.7. The van der Waals surface area contributed by atoms with Crippen LogP contribution in [0.15, 0.2) is 42.5 Å². The Balaban J connectivity index is 2.24. The van der Waals surface area contributed by atoms with E-state index in [-0.39, 0.29) is 18.4 Å². The van der Waals surface area contributed by atoms with Gasteiger partial charge in [-0.05, 0) is 43.7 Å². The molecule has 2 aromatic rings. The van der Waals surface area contributed by atoms with Crippen LogP contribution < -0.4 is 24.3 Å². The van der Waals surface area contributed by atoms with E-state index in [0.29, 0.717) is 28.6 Å². The third-order valence-corrected chi connectivity index (χ3v) is 4.72. The van der Waals surface area contributed by atoms with Crippen LogP contribution in [0.5, 0.6) is 23.0 Å². The van der Waals surface area contributed by atoms with Crippen LogP contribution in [0.4, 0.5) is 0 Å². The fourth-order valence-electron chi connectivity index (χ4n) is 3.13. The predicted octanol–water partition coefficient (Wildman–Crippen LogP) is 3.93. The number of amides is 1. The van der Waals surface area contributed by atoms with Gasteiger partial charge in [0.25, 0.3) is 0 Å². The molecule has 8 nitrogen and oxygen atoms in total. The second-order valence-electron chi connectivity index (χ2n) is 7.36. The average Bonchev–Trinajstić information content (AvgIpc) is 2.81. The molecule has 1 N–H and O–H groups in total. The first-order chi connectivity index (χ1) is 15.8. The van der Waals surface area contributed by atoms with Crippen molar-refractivity contribution >= 4 is 18.0 Å². The minimum absolute atomic E-state index is 0.0102. The first kappa shape index (κ1) is 25.6. The fourth-order valence-corrected chi connectivity index (χ4v) is 3.13. The molecular formula is C25H31NO7. The minimum atomic E-state index is -0.577. The van der Waals surface area contributed by atoms with Gasteiger partial charge in [-0.3, -0.25) is 9.59 Å². The molecule has 0 fully saturated rings. The molecule has 0 heterocycles. The SMILES string of the molecule is COc1ccc(C(CC(=O)OC(C)C)NC(=O)/C=C/c2cc(OC)c(OC)cc2OC)cc1. The number of ether oxygens (including phenoxy) is 5. The highest BCUT2D eigenvalue weighted by molar-refractivity contribution is 5.93. The zero-order valence-electron chi connectivity index (χ0n) is 19.8. The largest absolute Gasteiger partial charge is 0.497 e. The summed E-state index contributed by atoms with van der Waals surface area (Å²) in [5.41, 5.74) is 1.38. The molecule has 0 aliphatic rings. The van der Waals surface area contributed by atoms with Crippen molar-refractivity contribution in [3.63, 3.8) is 0 Å². The summed E-state index contributed by atoms with van der Waals surface area (Å²) in [4.78, 5) is 25.0. The third-order valence-electron chi connectivity index (χ3n) is 4.72. The van der Waals surface area contributed by atoms with E-state index < -0.39 is 12.0 Å². The lowest BCUT2D eigenvalue weighted by atomic mass is 10.0. The minimum Gasteiger partial charge on any atom is -0.497 e. The van der Waals surface area contributed by atoms with E-state index in [1.165, 1.54) is 27.4 Å². The Morgan fingerprint density at radius 1 is 0.879 bits per heavy atom. The lowest BCUT2D eigenvalue weighted by Gasteiger charge is -2.19. The number of methoxy groups -OCH3 is 4. The molecule has 1 amide bonds. The summed E-state index contributed by atoms with van der Waals surface area (Å²) >= 11 is 0. The standard InChI is InChI=1S/C25H31NO7/c1-16(2)33-25(28)14-20(17-7-10-19(29-3)11-8-17)26-24(27)12-9-18-13-22(31-5)23(32-6)15-21(18)30-4/h7-13,15-16,20H,14H2,1-6H3,(H,26,27)/b12-9+. The number of hydrogen-bond acceptors (Lipinski definition) is 7. The van der Waals surface area contributed by atoms with Crippen LogP contribution in [0, 0.1) is 0 Å². The first-order valence-corrected chi connectivity index (χ1v) is 10.4. The molecule has 0 spiro atoms. The Kier molecular flexibility index (Phi) is 9.60. The molecule has 0 aliphatic carbocycles. The van der Waals surface area contributed by atoms with E-state index in [2.05, 4.69) is 5.32 Å². The number of hydrogen-bond donors (Lipinski definition) is 1. The van der Waals surface area contributed by atoms with Crippen molar-refractivity contribution in [3.05, 3.63) is 53.6 Å². The maximum atomic E-state index is 12.7. The van der Waals surface area contributed by atoms with Gasteiger partial charge in [0.1, 0.15) is 11.5 Å². The van der Waals surface area contributed by atoms with E-state index >= 15 is 0 Å². The number of carbonyl (C=O) groups excluding carboxylic acids is 2.